The molecule has 0 unspecified atom stereocenters. The normalized spacial score (nSPS) is 11.1. The number of carbonyl (C=O) groups excluding carboxylic acids is 1. The highest BCUT2D eigenvalue weighted by molar-refractivity contribution is 9.10. The minimum atomic E-state index is -0.506. The van der Waals surface area contributed by atoms with E-state index in [-0.39, 0.29) is 0 Å². The summed E-state index contributed by atoms with van der Waals surface area (Å²) in [7, 11) is 0. The minimum absolute atomic E-state index is 0.506. The Balaban J connectivity index is 2.35. The second-order valence-electron chi connectivity index (χ2n) is 3.02. The molecule has 0 fully saturated rings. The predicted molar refractivity (Wildman–Crippen MR) is 62.7 cm³/mol. The van der Waals surface area contributed by atoms with Gasteiger partial charge in [0, 0.05) is 15.5 Å². The first-order valence-corrected chi connectivity index (χ1v) is 5.11. The number of amides is 1. The van der Waals surface area contributed by atoms with Crippen LogP contribution in [0.2, 0.25) is 0 Å². The Morgan fingerprint density at radius 1 is 1.62 bits per heavy atom. The van der Waals surface area contributed by atoms with E-state index in [0.717, 1.165) is 21.6 Å². The van der Waals surface area contributed by atoms with Gasteiger partial charge in [0.2, 0.25) is 0 Å². The largest absolute Gasteiger partial charge is 0.411 e. The van der Waals surface area contributed by atoms with Crippen molar-refractivity contribution in [1.82, 2.24) is 10.2 Å². The third-order valence-corrected chi connectivity index (χ3v) is 2.61. The Morgan fingerprint density at radius 2 is 2.44 bits per heavy atom. The molecule has 1 aromatic heterocycles. The Hall–Kier alpha value is -1.89. The SMILES string of the molecule is O=C(C=NO)Nc1cc(Br)c2cn[nH]c2c1. The van der Waals surface area contributed by atoms with Gasteiger partial charge in [0.25, 0.3) is 5.91 Å². The van der Waals surface area contributed by atoms with E-state index in [1.54, 1.807) is 18.3 Å². The predicted octanol–water partition coefficient (Wildman–Crippen LogP) is 1.72. The van der Waals surface area contributed by atoms with Gasteiger partial charge in [-0.2, -0.15) is 5.10 Å². The number of fused-ring (bicyclic) bond motifs is 1. The average Bonchev–Trinajstić information content (AvgIpc) is 2.66. The fourth-order valence-corrected chi connectivity index (χ4v) is 1.87. The van der Waals surface area contributed by atoms with Gasteiger partial charge < -0.3 is 10.5 Å². The lowest BCUT2D eigenvalue weighted by Crippen LogP contribution is -2.12. The fraction of sp³-hybridized carbons (Fsp3) is 0. The number of H-pyrrole nitrogens is 1. The molecule has 0 aliphatic carbocycles. The molecule has 0 bridgehead atoms. The molecule has 0 atom stereocenters. The zero-order valence-electron chi connectivity index (χ0n) is 7.94. The molecule has 0 saturated heterocycles. The van der Waals surface area contributed by atoms with Crippen molar-refractivity contribution >= 4 is 44.6 Å². The van der Waals surface area contributed by atoms with Gasteiger partial charge in [0.1, 0.15) is 6.21 Å². The zero-order chi connectivity index (χ0) is 11.5. The second-order valence-corrected chi connectivity index (χ2v) is 3.88. The van der Waals surface area contributed by atoms with Crippen LogP contribution in [-0.4, -0.2) is 27.5 Å². The standard InChI is InChI=1S/C9H7BrN4O2/c10-7-1-5(13-9(15)4-12-16)2-8-6(7)3-11-14-8/h1-4,16H,(H,11,14)(H,13,15). The first-order chi connectivity index (χ1) is 7.70. The van der Waals surface area contributed by atoms with Gasteiger partial charge >= 0.3 is 0 Å². The van der Waals surface area contributed by atoms with E-state index in [0.29, 0.717) is 5.69 Å². The monoisotopic (exact) mass is 282 g/mol. The number of carbonyl (C=O) groups is 1. The number of hydrogen-bond donors (Lipinski definition) is 3. The maximum Gasteiger partial charge on any atom is 0.270 e. The lowest BCUT2D eigenvalue weighted by atomic mass is 10.2. The van der Waals surface area contributed by atoms with Crippen LogP contribution < -0.4 is 5.32 Å². The summed E-state index contributed by atoms with van der Waals surface area (Å²) in [6.45, 7) is 0. The summed E-state index contributed by atoms with van der Waals surface area (Å²) in [6, 6.07) is 3.47. The van der Waals surface area contributed by atoms with E-state index >= 15 is 0 Å². The molecule has 16 heavy (non-hydrogen) atoms. The highest BCUT2D eigenvalue weighted by atomic mass is 79.9. The van der Waals surface area contributed by atoms with Gasteiger partial charge in [-0.1, -0.05) is 5.16 Å². The highest BCUT2D eigenvalue weighted by Gasteiger charge is 2.05. The van der Waals surface area contributed by atoms with Crippen LogP contribution in [0.1, 0.15) is 0 Å². The number of hydrogen-bond acceptors (Lipinski definition) is 4. The summed E-state index contributed by atoms with van der Waals surface area (Å²) in [6.07, 6.45) is 2.46. The van der Waals surface area contributed by atoms with Gasteiger partial charge in [0.15, 0.2) is 0 Å². The number of halogens is 1. The quantitative estimate of drug-likeness (QED) is 0.445. The molecule has 1 amide bonds. The first-order valence-electron chi connectivity index (χ1n) is 4.32. The molecule has 1 heterocycles. The Kier molecular flexibility index (Phi) is 2.86. The van der Waals surface area contributed by atoms with Gasteiger partial charge in [-0.25, -0.2) is 0 Å². The van der Waals surface area contributed by atoms with E-state index in [9.17, 15) is 4.79 Å². The maximum atomic E-state index is 11.1. The van der Waals surface area contributed by atoms with Crippen molar-refractivity contribution in [2.24, 2.45) is 5.16 Å². The lowest BCUT2D eigenvalue weighted by molar-refractivity contribution is -0.110. The van der Waals surface area contributed by atoms with Crippen LogP contribution in [0.3, 0.4) is 0 Å². The zero-order valence-corrected chi connectivity index (χ0v) is 9.52. The summed E-state index contributed by atoms with van der Waals surface area (Å²) >= 11 is 3.36. The maximum absolute atomic E-state index is 11.1. The third kappa shape index (κ3) is 2.03. The van der Waals surface area contributed by atoms with Crippen LogP contribution in [-0.2, 0) is 4.79 Å². The summed E-state index contributed by atoms with van der Waals surface area (Å²) < 4.78 is 0.815. The fourth-order valence-electron chi connectivity index (χ4n) is 1.31. The van der Waals surface area contributed by atoms with Crippen LogP contribution in [0.4, 0.5) is 5.69 Å². The Labute approximate surface area is 98.5 Å². The van der Waals surface area contributed by atoms with Crippen LogP contribution in [0.5, 0.6) is 0 Å². The number of nitrogens with one attached hydrogen (secondary N) is 2. The second kappa shape index (κ2) is 4.31. The van der Waals surface area contributed by atoms with Crippen LogP contribution in [0.15, 0.2) is 28.0 Å². The molecule has 6 nitrogen and oxygen atoms in total. The van der Waals surface area contributed by atoms with Crippen molar-refractivity contribution in [2.45, 2.75) is 0 Å². The molecule has 2 rings (SSSR count). The number of oxime groups is 1. The van der Waals surface area contributed by atoms with Crippen molar-refractivity contribution in [3.05, 3.63) is 22.8 Å². The molecule has 7 heteroatoms. The van der Waals surface area contributed by atoms with E-state index < -0.39 is 5.91 Å². The van der Waals surface area contributed by atoms with Gasteiger partial charge in [0.05, 0.1) is 11.7 Å². The topological polar surface area (TPSA) is 90.4 Å². The molecule has 1 aromatic carbocycles. The number of aromatic amines is 1. The van der Waals surface area contributed by atoms with Crippen LogP contribution in [0, 0.1) is 0 Å². The molecule has 0 aliphatic rings. The number of anilines is 1. The molecule has 0 spiro atoms. The van der Waals surface area contributed by atoms with Gasteiger partial charge in [-0.05, 0) is 28.1 Å². The highest BCUT2D eigenvalue weighted by Crippen LogP contribution is 2.26. The number of nitrogens with zero attached hydrogens (tertiary/aromatic N) is 2. The molecular formula is C9H7BrN4O2. The molecule has 0 saturated carbocycles. The average molecular weight is 283 g/mol. The third-order valence-electron chi connectivity index (χ3n) is 1.95. The van der Waals surface area contributed by atoms with E-state index in [2.05, 4.69) is 36.6 Å². The molecule has 2 aromatic rings. The van der Waals surface area contributed by atoms with E-state index in [1.807, 2.05) is 0 Å². The lowest BCUT2D eigenvalue weighted by Gasteiger charge is -2.02. The smallest absolute Gasteiger partial charge is 0.270 e. The van der Waals surface area contributed by atoms with Gasteiger partial charge in [-0.15, -0.1) is 0 Å². The van der Waals surface area contributed by atoms with E-state index in [4.69, 9.17) is 5.21 Å². The van der Waals surface area contributed by atoms with Crippen molar-refractivity contribution in [3.63, 3.8) is 0 Å². The molecule has 3 N–H and O–H groups in total. The summed E-state index contributed by atoms with van der Waals surface area (Å²) in [4.78, 5) is 11.1. The molecular weight excluding hydrogens is 276 g/mol. The number of rotatable bonds is 2. The Morgan fingerprint density at radius 3 is 3.19 bits per heavy atom. The molecule has 0 aliphatic heterocycles. The van der Waals surface area contributed by atoms with E-state index in [1.165, 1.54) is 0 Å². The van der Waals surface area contributed by atoms with Crippen LogP contribution >= 0.6 is 15.9 Å². The molecule has 82 valence electrons. The minimum Gasteiger partial charge on any atom is -0.411 e. The van der Waals surface area contributed by atoms with Crippen molar-refractivity contribution in [2.75, 3.05) is 5.32 Å². The molecule has 0 radical (unpaired) electrons. The van der Waals surface area contributed by atoms with Crippen molar-refractivity contribution in [3.8, 4) is 0 Å². The van der Waals surface area contributed by atoms with Crippen molar-refractivity contribution in [1.29, 1.82) is 0 Å². The summed E-state index contributed by atoms with van der Waals surface area (Å²) in [5.74, 6) is -0.506. The van der Waals surface area contributed by atoms with Gasteiger partial charge in [-0.3, -0.25) is 9.89 Å². The van der Waals surface area contributed by atoms with Crippen LogP contribution in [0.25, 0.3) is 10.9 Å². The summed E-state index contributed by atoms with van der Waals surface area (Å²) in [5, 5.41) is 21.0. The number of aromatic nitrogens is 2. The summed E-state index contributed by atoms with van der Waals surface area (Å²) in [5.41, 5.74) is 1.37. The Bertz CT molecular complexity index is 564. The first kappa shape index (κ1) is 10.6. The number of benzene rings is 1. The van der Waals surface area contributed by atoms with Crippen molar-refractivity contribution < 1.29 is 10.0 Å².